The quantitative estimate of drug-likeness (QED) is 0.775. The highest BCUT2D eigenvalue weighted by atomic mass is 79.9. The van der Waals surface area contributed by atoms with Gasteiger partial charge in [-0.25, -0.2) is 4.79 Å². The largest absolute Gasteiger partial charge is 0.389 e. The van der Waals surface area contributed by atoms with E-state index in [1.54, 1.807) is 0 Å². The number of carbonyl (C=O) groups excluding carboxylic acids is 1. The van der Waals surface area contributed by atoms with Gasteiger partial charge in [0, 0.05) is 23.8 Å². The maximum atomic E-state index is 11.7. The second-order valence-corrected chi connectivity index (χ2v) is 5.27. The van der Waals surface area contributed by atoms with Crippen LogP contribution >= 0.6 is 15.9 Å². The molecule has 5 nitrogen and oxygen atoms in total. The van der Waals surface area contributed by atoms with E-state index in [1.165, 1.54) is 7.11 Å². The molecule has 19 heavy (non-hydrogen) atoms. The van der Waals surface area contributed by atoms with Gasteiger partial charge in [-0.15, -0.1) is 0 Å². The minimum Gasteiger partial charge on any atom is -0.389 e. The molecule has 0 saturated heterocycles. The molecule has 0 heterocycles. The van der Waals surface area contributed by atoms with E-state index in [-0.39, 0.29) is 19.2 Å². The van der Waals surface area contributed by atoms with Crippen molar-refractivity contribution in [2.45, 2.75) is 20.0 Å². The third kappa shape index (κ3) is 5.18. The number of aryl methyl sites for hydroxylation is 2. The van der Waals surface area contributed by atoms with E-state index in [2.05, 4.69) is 26.6 Å². The number of hydrogen-bond donors (Lipinski definition) is 3. The van der Waals surface area contributed by atoms with Crippen LogP contribution < -0.4 is 10.6 Å². The minimum absolute atomic E-state index is 0.147. The molecule has 0 aliphatic rings. The van der Waals surface area contributed by atoms with Crippen LogP contribution in [0.4, 0.5) is 10.5 Å². The van der Waals surface area contributed by atoms with Crippen LogP contribution in [0, 0.1) is 13.8 Å². The van der Waals surface area contributed by atoms with Crippen LogP contribution in [0.2, 0.25) is 0 Å². The summed E-state index contributed by atoms with van der Waals surface area (Å²) in [6, 6.07) is 3.52. The molecule has 2 amide bonds. The molecule has 0 aliphatic carbocycles. The maximum absolute atomic E-state index is 11.7. The normalized spacial score (nSPS) is 12.1. The summed E-state index contributed by atoms with van der Waals surface area (Å²) in [5.41, 5.74) is 2.72. The average molecular weight is 331 g/mol. The lowest BCUT2D eigenvalue weighted by Crippen LogP contribution is -2.37. The molecule has 0 aromatic heterocycles. The molecule has 106 valence electrons. The van der Waals surface area contributed by atoms with E-state index in [9.17, 15) is 9.90 Å². The van der Waals surface area contributed by atoms with Crippen LogP contribution in [-0.2, 0) is 4.74 Å². The number of ether oxygens (including phenoxy) is 1. The van der Waals surface area contributed by atoms with Crippen molar-refractivity contribution in [3.63, 3.8) is 0 Å². The Hall–Kier alpha value is -1.11. The molecule has 0 saturated carbocycles. The van der Waals surface area contributed by atoms with Gasteiger partial charge < -0.3 is 20.5 Å². The average Bonchev–Trinajstić information content (AvgIpc) is 2.31. The molecular formula is C13H19BrN2O3. The SMILES string of the molecule is COCC(O)CNC(=O)Nc1c(C)cc(Br)cc1C. The van der Waals surface area contributed by atoms with E-state index in [0.717, 1.165) is 21.3 Å². The third-order valence-electron chi connectivity index (χ3n) is 2.59. The molecule has 1 aromatic carbocycles. The van der Waals surface area contributed by atoms with Crippen molar-refractivity contribution in [3.8, 4) is 0 Å². The summed E-state index contributed by atoms with van der Waals surface area (Å²) in [5.74, 6) is 0. The number of aliphatic hydroxyl groups is 1. The number of benzene rings is 1. The van der Waals surface area contributed by atoms with E-state index >= 15 is 0 Å². The number of nitrogens with one attached hydrogen (secondary N) is 2. The van der Waals surface area contributed by atoms with Gasteiger partial charge in [0.15, 0.2) is 0 Å². The molecule has 0 radical (unpaired) electrons. The third-order valence-corrected chi connectivity index (χ3v) is 3.05. The molecule has 0 fully saturated rings. The smallest absolute Gasteiger partial charge is 0.319 e. The number of rotatable bonds is 5. The van der Waals surface area contributed by atoms with Crippen molar-refractivity contribution in [3.05, 3.63) is 27.7 Å². The maximum Gasteiger partial charge on any atom is 0.319 e. The zero-order chi connectivity index (χ0) is 14.4. The molecule has 0 bridgehead atoms. The molecule has 1 rings (SSSR count). The fraction of sp³-hybridized carbons (Fsp3) is 0.462. The number of carbonyl (C=O) groups is 1. The summed E-state index contributed by atoms with van der Waals surface area (Å²) in [6.07, 6.45) is -0.706. The monoisotopic (exact) mass is 330 g/mol. The van der Waals surface area contributed by atoms with Crippen LogP contribution in [-0.4, -0.2) is 37.5 Å². The first-order valence-electron chi connectivity index (χ1n) is 5.92. The highest BCUT2D eigenvalue weighted by Gasteiger charge is 2.10. The van der Waals surface area contributed by atoms with E-state index in [0.29, 0.717) is 0 Å². The Morgan fingerprint density at radius 3 is 2.53 bits per heavy atom. The minimum atomic E-state index is -0.706. The molecule has 1 unspecified atom stereocenters. The van der Waals surface area contributed by atoms with Gasteiger partial charge in [-0.1, -0.05) is 15.9 Å². The predicted octanol–water partition coefficient (Wildman–Crippen LogP) is 2.19. The molecule has 1 aromatic rings. The number of methoxy groups -OCH3 is 1. The second-order valence-electron chi connectivity index (χ2n) is 4.36. The summed E-state index contributed by atoms with van der Waals surface area (Å²) in [7, 11) is 1.50. The highest BCUT2D eigenvalue weighted by Crippen LogP contribution is 2.24. The van der Waals surface area contributed by atoms with Crippen molar-refractivity contribution < 1.29 is 14.6 Å². The summed E-state index contributed by atoms with van der Waals surface area (Å²) >= 11 is 3.41. The van der Waals surface area contributed by atoms with Crippen molar-refractivity contribution in [1.82, 2.24) is 5.32 Å². The van der Waals surface area contributed by atoms with Crippen molar-refractivity contribution >= 4 is 27.6 Å². The van der Waals surface area contributed by atoms with Crippen molar-refractivity contribution in [2.24, 2.45) is 0 Å². The number of aliphatic hydroxyl groups excluding tert-OH is 1. The van der Waals surface area contributed by atoms with Crippen LogP contribution in [0.3, 0.4) is 0 Å². The van der Waals surface area contributed by atoms with E-state index in [1.807, 2.05) is 26.0 Å². The second kappa shape index (κ2) is 7.47. The Balaban J connectivity index is 2.58. The van der Waals surface area contributed by atoms with Crippen LogP contribution in [0.5, 0.6) is 0 Å². The Bertz CT molecular complexity index is 429. The van der Waals surface area contributed by atoms with Crippen LogP contribution in [0.1, 0.15) is 11.1 Å². The highest BCUT2D eigenvalue weighted by molar-refractivity contribution is 9.10. The number of halogens is 1. The first-order chi connectivity index (χ1) is 8.93. The Labute approximate surface area is 121 Å². The predicted molar refractivity (Wildman–Crippen MR) is 78.5 cm³/mol. The summed E-state index contributed by atoms with van der Waals surface area (Å²) in [6.45, 7) is 4.19. The first kappa shape index (κ1) is 15.9. The van der Waals surface area contributed by atoms with E-state index in [4.69, 9.17) is 4.74 Å². The lowest BCUT2D eigenvalue weighted by atomic mass is 10.1. The van der Waals surface area contributed by atoms with Gasteiger partial charge in [0.25, 0.3) is 0 Å². The van der Waals surface area contributed by atoms with Gasteiger partial charge in [0.1, 0.15) is 0 Å². The fourth-order valence-corrected chi connectivity index (χ4v) is 2.41. The van der Waals surface area contributed by atoms with Crippen molar-refractivity contribution in [1.29, 1.82) is 0 Å². The molecule has 6 heteroatoms. The van der Waals surface area contributed by atoms with Crippen LogP contribution in [0.25, 0.3) is 0 Å². The van der Waals surface area contributed by atoms with Crippen molar-refractivity contribution in [2.75, 3.05) is 25.6 Å². The number of urea groups is 1. The molecular weight excluding hydrogens is 312 g/mol. The lowest BCUT2D eigenvalue weighted by Gasteiger charge is -2.14. The van der Waals surface area contributed by atoms with Gasteiger partial charge in [-0.05, 0) is 37.1 Å². The number of amides is 2. The molecule has 3 N–H and O–H groups in total. The van der Waals surface area contributed by atoms with Crippen LogP contribution in [0.15, 0.2) is 16.6 Å². The van der Waals surface area contributed by atoms with Gasteiger partial charge in [-0.2, -0.15) is 0 Å². The first-order valence-corrected chi connectivity index (χ1v) is 6.72. The van der Waals surface area contributed by atoms with Gasteiger partial charge in [-0.3, -0.25) is 0 Å². The van der Waals surface area contributed by atoms with Gasteiger partial charge in [0.05, 0.1) is 12.7 Å². The van der Waals surface area contributed by atoms with Gasteiger partial charge in [0.2, 0.25) is 0 Å². The number of hydrogen-bond acceptors (Lipinski definition) is 3. The zero-order valence-electron chi connectivity index (χ0n) is 11.3. The lowest BCUT2D eigenvalue weighted by molar-refractivity contribution is 0.0663. The summed E-state index contributed by atoms with van der Waals surface area (Å²) in [4.78, 5) is 11.7. The fourth-order valence-electron chi connectivity index (χ4n) is 1.73. The molecule has 0 spiro atoms. The Morgan fingerprint density at radius 1 is 1.42 bits per heavy atom. The Kier molecular flexibility index (Phi) is 6.27. The molecule has 1 atom stereocenters. The number of anilines is 1. The topological polar surface area (TPSA) is 70.6 Å². The summed E-state index contributed by atoms with van der Waals surface area (Å²) < 4.78 is 5.75. The van der Waals surface area contributed by atoms with E-state index < -0.39 is 6.10 Å². The Morgan fingerprint density at radius 2 is 2.00 bits per heavy atom. The molecule has 0 aliphatic heterocycles. The summed E-state index contributed by atoms with van der Waals surface area (Å²) in [5, 5.41) is 14.8. The van der Waals surface area contributed by atoms with Gasteiger partial charge >= 0.3 is 6.03 Å². The zero-order valence-corrected chi connectivity index (χ0v) is 12.9. The standard InChI is InChI=1S/C13H19BrN2O3/c1-8-4-10(14)5-9(2)12(8)16-13(18)15-6-11(17)7-19-3/h4-5,11,17H,6-7H2,1-3H3,(H2,15,16,18).